The molecule has 1 aromatic rings. The van der Waals surface area contributed by atoms with Crippen molar-refractivity contribution in [3.05, 3.63) is 23.8 Å². The molecule has 0 heterocycles. The highest BCUT2D eigenvalue weighted by atomic mass is 16.3. The number of phenolic OH excluding ortho intramolecular Hbond substituents is 2. The second-order valence-electron chi connectivity index (χ2n) is 6.31. The molecule has 0 saturated carbocycles. The lowest BCUT2D eigenvalue weighted by atomic mass is 10.0. The van der Waals surface area contributed by atoms with Gasteiger partial charge < -0.3 is 15.3 Å². The van der Waals surface area contributed by atoms with Crippen LogP contribution in [0.5, 0.6) is 11.5 Å². The van der Waals surface area contributed by atoms with Gasteiger partial charge in [0.2, 0.25) is 0 Å². The molecule has 23 heavy (non-hydrogen) atoms. The highest BCUT2D eigenvalue weighted by Gasteiger charge is 2.08. The molecule has 4 heteroatoms. The highest BCUT2D eigenvalue weighted by molar-refractivity contribution is 5.78. The third-order valence-corrected chi connectivity index (χ3v) is 3.99. The Labute approximate surface area is 139 Å². The molecular formula is C19H30O4. The van der Waals surface area contributed by atoms with Gasteiger partial charge in [0.05, 0.1) is 6.10 Å². The predicted octanol–water partition coefficient (Wildman–Crippen LogP) is 4.10. The zero-order valence-electron chi connectivity index (χ0n) is 14.1. The first-order valence-corrected chi connectivity index (χ1v) is 8.73. The van der Waals surface area contributed by atoms with Crippen molar-refractivity contribution >= 4 is 5.78 Å². The number of Topliss-reactive ketones (excluding diaryl/α,β-unsaturated/α-hetero) is 1. The SMILES string of the molecule is CCCCCC(=O)CCCCCC(O)Cc1cc(O)cc(O)c1. The van der Waals surface area contributed by atoms with Gasteiger partial charge in [-0.3, -0.25) is 4.79 Å². The summed E-state index contributed by atoms with van der Waals surface area (Å²) in [5, 5.41) is 28.8. The van der Waals surface area contributed by atoms with Crippen LogP contribution in [0.15, 0.2) is 18.2 Å². The maximum absolute atomic E-state index is 11.6. The van der Waals surface area contributed by atoms with Crippen LogP contribution < -0.4 is 0 Å². The topological polar surface area (TPSA) is 77.8 Å². The summed E-state index contributed by atoms with van der Waals surface area (Å²) >= 11 is 0. The minimum Gasteiger partial charge on any atom is -0.508 e. The minimum absolute atomic E-state index is 0.00813. The average Bonchev–Trinajstić information content (AvgIpc) is 2.46. The van der Waals surface area contributed by atoms with Crippen molar-refractivity contribution in [2.24, 2.45) is 0 Å². The van der Waals surface area contributed by atoms with E-state index in [-0.39, 0.29) is 11.5 Å². The second kappa shape index (κ2) is 11.1. The molecule has 1 atom stereocenters. The van der Waals surface area contributed by atoms with Crippen LogP contribution in [0.2, 0.25) is 0 Å². The zero-order chi connectivity index (χ0) is 17.1. The van der Waals surface area contributed by atoms with Crippen LogP contribution in [0.25, 0.3) is 0 Å². The quantitative estimate of drug-likeness (QED) is 0.506. The number of phenols is 2. The van der Waals surface area contributed by atoms with Gasteiger partial charge in [0.1, 0.15) is 17.3 Å². The van der Waals surface area contributed by atoms with Crippen molar-refractivity contribution in [3.8, 4) is 11.5 Å². The smallest absolute Gasteiger partial charge is 0.132 e. The van der Waals surface area contributed by atoms with E-state index in [9.17, 15) is 20.1 Å². The number of unbranched alkanes of at least 4 members (excludes halogenated alkanes) is 4. The molecule has 0 aliphatic rings. The van der Waals surface area contributed by atoms with E-state index in [1.165, 1.54) is 6.07 Å². The van der Waals surface area contributed by atoms with Crippen LogP contribution in [-0.4, -0.2) is 27.2 Å². The summed E-state index contributed by atoms with van der Waals surface area (Å²) in [7, 11) is 0. The largest absolute Gasteiger partial charge is 0.508 e. The van der Waals surface area contributed by atoms with E-state index in [0.29, 0.717) is 31.5 Å². The maximum atomic E-state index is 11.6. The van der Waals surface area contributed by atoms with Crippen LogP contribution in [0.4, 0.5) is 0 Å². The summed E-state index contributed by atoms with van der Waals surface area (Å²) in [6, 6.07) is 4.38. The third-order valence-electron chi connectivity index (χ3n) is 3.99. The molecule has 0 aliphatic heterocycles. The fourth-order valence-corrected chi connectivity index (χ4v) is 2.72. The number of hydrogen-bond donors (Lipinski definition) is 3. The second-order valence-corrected chi connectivity index (χ2v) is 6.31. The summed E-state index contributed by atoms with van der Waals surface area (Å²) in [5.74, 6) is 0.372. The number of benzene rings is 1. The molecule has 0 aliphatic carbocycles. The molecule has 3 N–H and O–H groups in total. The van der Waals surface area contributed by atoms with Gasteiger partial charge in [0.15, 0.2) is 0 Å². The number of carbonyl (C=O) groups is 1. The molecule has 130 valence electrons. The van der Waals surface area contributed by atoms with Crippen LogP contribution in [0, 0.1) is 0 Å². The lowest BCUT2D eigenvalue weighted by Gasteiger charge is -2.11. The normalized spacial score (nSPS) is 12.3. The van der Waals surface area contributed by atoms with Gasteiger partial charge in [0, 0.05) is 18.9 Å². The van der Waals surface area contributed by atoms with Crippen molar-refractivity contribution in [1.29, 1.82) is 0 Å². The number of rotatable bonds is 12. The van der Waals surface area contributed by atoms with E-state index in [4.69, 9.17) is 0 Å². The van der Waals surface area contributed by atoms with Crippen molar-refractivity contribution in [3.63, 3.8) is 0 Å². The monoisotopic (exact) mass is 322 g/mol. The first-order chi connectivity index (χ1) is 11.0. The Morgan fingerprint density at radius 2 is 1.57 bits per heavy atom. The minimum atomic E-state index is -0.489. The Balaban J connectivity index is 2.12. The van der Waals surface area contributed by atoms with Crippen LogP contribution in [-0.2, 0) is 11.2 Å². The Morgan fingerprint density at radius 3 is 2.17 bits per heavy atom. The maximum Gasteiger partial charge on any atom is 0.132 e. The zero-order valence-corrected chi connectivity index (χ0v) is 14.1. The van der Waals surface area contributed by atoms with E-state index >= 15 is 0 Å². The van der Waals surface area contributed by atoms with Gasteiger partial charge >= 0.3 is 0 Å². The van der Waals surface area contributed by atoms with Crippen molar-refractivity contribution in [1.82, 2.24) is 0 Å². The molecular weight excluding hydrogens is 292 g/mol. The fraction of sp³-hybridized carbons (Fsp3) is 0.632. The van der Waals surface area contributed by atoms with Gasteiger partial charge in [-0.05, 0) is 43.4 Å². The van der Waals surface area contributed by atoms with Crippen LogP contribution >= 0.6 is 0 Å². The van der Waals surface area contributed by atoms with E-state index in [0.717, 1.165) is 44.1 Å². The molecule has 1 aromatic carbocycles. The summed E-state index contributed by atoms with van der Waals surface area (Å²) in [6.45, 7) is 2.13. The van der Waals surface area contributed by atoms with E-state index in [2.05, 4.69) is 6.92 Å². The molecule has 0 amide bonds. The van der Waals surface area contributed by atoms with Gasteiger partial charge in [-0.15, -0.1) is 0 Å². The molecule has 0 saturated heterocycles. The Morgan fingerprint density at radius 1 is 0.957 bits per heavy atom. The number of aromatic hydroxyl groups is 2. The predicted molar refractivity (Wildman–Crippen MR) is 91.7 cm³/mol. The van der Waals surface area contributed by atoms with E-state index < -0.39 is 6.10 Å². The molecule has 0 fully saturated rings. The average molecular weight is 322 g/mol. The summed E-state index contributed by atoms with van der Waals surface area (Å²) in [5.41, 5.74) is 0.723. The first kappa shape index (κ1) is 19.5. The molecule has 4 nitrogen and oxygen atoms in total. The van der Waals surface area contributed by atoms with Crippen molar-refractivity contribution in [2.75, 3.05) is 0 Å². The molecule has 0 radical (unpaired) electrons. The van der Waals surface area contributed by atoms with Gasteiger partial charge in [-0.2, -0.15) is 0 Å². The van der Waals surface area contributed by atoms with E-state index in [1.54, 1.807) is 12.1 Å². The molecule has 1 unspecified atom stereocenters. The van der Waals surface area contributed by atoms with Crippen LogP contribution in [0.1, 0.15) is 70.3 Å². The Hall–Kier alpha value is -1.55. The van der Waals surface area contributed by atoms with E-state index in [1.807, 2.05) is 0 Å². The number of ketones is 1. The molecule has 0 spiro atoms. The molecule has 0 aromatic heterocycles. The number of hydrogen-bond acceptors (Lipinski definition) is 4. The standard InChI is InChI=1S/C19H30O4/c1-2-3-5-8-16(20)9-6-4-7-10-17(21)11-15-12-18(22)14-19(23)13-15/h12-14,17,21-23H,2-11H2,1H3. The fourth-order valence-electron chi connectivity index (χ4n) is 2.72. The van der Waals surface area contributed by atoms with Crippen molar-refractivity contribution < 1.29 is 20.1 Å². The molecule has 0 bridgehead atoms. The molecule has 1 rings (SSSR count). The summed E-state index contributed by atoms with van der Waals surface area (Å²) in [6.07, 6.45) is 7.95. The van der Waals surface area contributed by atoms with Gasteiger partial charge in [0.25, 0.3) is 0 Å². The number of aliphatic hydroxyl groups excluding tert-OH is 1. The Kier molecular flexibility index (Phi) is 9.37. The number of aliphatic hydroxyl groups is 1. The first-order valence-electron chi connectivity index (χ1n) is 8.73. The lowest BCUT2D eigenvalue weighted by Crippen LogP contribution is -2.10. The summed E-state index contributed by atoms with van der Waals surface area (Å²) in [4.78, 5) is 11.6. The number of carbonyl (C=O) groups excluding carboxylic acids is 1. The third kappa shape index (κ3) is 9.24. The van der Waals surface area contributed by atoms with Crippen molar-refractivity contribution in [2.45, 2.75) is 77.2 Å². The Bertz CT molecular complexity index is 450. The highest BCUT2D eigenvalue weighted by Crippen LogP contribution is 2.22. The summed E-state index contributed by atoms with van der Waals surface area (Å²) < 4.78 is 0. The van der Waals surface area contributed by atoms with Gasteiger partial charge in [-0.25, -0.2) is 0 Å². The van der Waals surface area contributed by atoms with Crippen LogP contribution in [0.3, 0.4) is 0 Å². The van der Waals surface area contributed by atoms with Gasteiger partial charge in [-0.1, -0.05) is 32.6 Å². The lowest BCUT2D eigenvalue weighted by molar-refractivity contribution is -0.119.